The van der Waals surface area contributed by atoms with Gasteiger partial charge in [0, 0.05) is 17.8 Å². The lowest BCUT2D eigenvalue weighted by Crippen LogP contribution is -2.14. The summed E-state index contributed by atoms with van der Waals surface area (Å²) < 4.78 is 0. The van der Waals surface area contributed by atoms with Gasteiger partial charge in [-0.2, -0.15) is 0 Å². The summed E-state index contributed by atoms with van der Waals surface area (Å²) >= 11 is 0. The minimum Gasteiger partial charge on any atom is -0.264 e. The van der Waals surface area contributed by atoms with Crippen LogP contribution < -0.4 is 0 Å². The van der Waals surface area contributed by atoms with Gasteiger partial charge in [0.25, 0.3) is 0 Å². The van der Waals surface area contributed by atoms with Crippen molar-refractivity contribution < 1.29 is 0 Å². The molecule has 0 aromatic carbocycles. The van der Waals surface area contributed by atoms with E-state index in [1.165, 1.54) is 0 Å². The molecule has 80 valence electrons. The fraction of sp³-hybridized carbons (Fsp3) is 0.538. The fourth-order valence-electron chi connectivity index (χ4n) is 2.14. The second kappa shape index (κ2) is 4.93. The molecule has 0 aliphatic carbocycles. The first-order valence-electron chi connectivity index (χ1n) is 5.39. The van der Waals surface area contributed by atoms with Crippen molar-refractivity contribution in [3.05, 3.63) is 35.4 Å². The van der Waals surface area contributed by atoms with Crippen molar-refractivity contribution in [3.63, 3.8) is 0 Å². The van der Waals surface area contributed by atoms with E-state index in [0.717, 1.165) is 5.69 Å². The third-order valence-electron chi connectivity index (χ3n) is 2.67. The van der Waals surface area contributed by atoms with Gasteiger partial charge in [-0.15, -0.1) is 0 Å². The second-order valence-corrected chi connectivity index (χ2v) is 4.56. The Kier molecular flexibility index (Phi) is 3.85. The molecule has 2 nitrogen and oxygen atoms in total. The number of nitrogens with zero attached hydrogens (tertiary/aromatic N) is 2. The smallest absolute Gasteiger partial charge is 0.190 e. The van der Waals surface area contributed by atoms with Crippen LogP contribution in [0.1, 0.15) is 39.3 Å². The van der Waals surface area contributed by atoms with E-state index in [1.54, 1.807) is 12.3 Å². The van der Waals surface area contributed by atoms with E-state index in [0.29, 0.717) is 23.4 Å². The molecule has 0 unspecified atom stereocenters. The molecule has 0 bridgehead atoms. The lowest BCUT2D eigenvalue weighted by Gasteiger charge is -2.24. The first-order valence-corrected chi connectivity index (χ1v) is 5.39. The molecule has 0 N–H and O–H groups in total. The minimum atomic E-state index is 0.437. The average Bonchev–Trinajstić information content (AvgIpc) is 2.17. The quantitative estimate of drug-likeness (QED) is 0.676. The molecular weight excluding hydrogens is 184 g/mol. The normalized spacial score (nSPS) is 11.1. The van der Waals surface area contributed by atoms with Crippen LogP contribution in [-0.4, -0.2) is 4.98 Å². The highest BCUT2D eigenvalue weighted by Crippen LogP contribution is 2.31. The highest BCUT2D eigenvalue weighted by atomic mass is 14.7. The Balaban J connectivity index is 3.07. The zero-order chi connectivity index (χ0) is 11.4. The zero-order valence-electron chi connectivity index (χ0n) is 9.86. The molecular formula is C13H18N2. The summed E-state index contributed by atoms with van der Waals surface area (Å²) in [7, 11) is 0. The van der Waals surface area contributed by atoms with E-state index >= 15 is 0 Å². The van der Waals surface area contributed by atoms with E-state index in [4.69, 9.17) is 6.57 Å². The van der Waals surface area contributed by atoms with Crippen molar-refractivity contribution in [2.24, 2.45) is 11.8 Å². The predicted molar refractivity (Wildman–Crippen MR) is 62.9 cm³/mol. The molecule has 1 heterocycles. The van der Waals surface area contributed by atoms with E-state index < -0.39 is 0 Å². The van der Waals surface area contributed by atoms with Gasteiger partial charge >= 0.3 is 0 Å². The molecule has 0 saturated carbocycles. The van der Waals surface area contributed by atoms with Crippen LogP contribution in [0.15, 0.2) is 18.3 Å². The summed E-state index contributed by atoms with van der Waals surface area (Å²) in [5.74, 6) is 1.55. The summed E-state index contributed by atoms with van der Waals surface area (Å²) in [5.41, 5.74) is 1.74. The molecule has 0 aliphatic heterocycles. The van der Waals surface area contributed by atoms with Gasteiger partial charge in [-0.05, 0) is 24.0 Å². The van der Waals surface area contributed by atoms with E-state index in [2.05, 4.69) is 37.5 Å². The summed E-state index contributed by atoms with van der Waals surface area (Å²) in [6, 6.07) is 3.67. The SMILES string of the molecule is [C-]#[N+]c1ccnc(C(C(C)C)C(C)C)c1. The maximum Gasteiger partial charge on any atom is 0.190 e. The largest absolute Gasteiger partial charge is 0.264 e. The lowest BCUT2D eigenvalue weighted by molar-refractivity contribution is 0.380. The highest BCUT2D eigenvalue weighted by Gasteiger charge is 2.20. The maximum absolute atomic E-state index is 6.99. The monoisotopic (exact) mass is 202 g/mol. The van der Waals surface area contributed by atoms with Crippen molar-refractivity contribution >= 4 is 5.69 Å². The van der Waals surface area contributed by atoms with Gasteiger partial charge in [0.15, 0.2) is 5.69 Å². The number of pyridine rings is 1. The standard InChI is InChI=1S/C13H18N2/c1-9(2)13(10(3)4)12-8-11(14-5)6-7-15-12/h6-10,13H,1-4H3. The van der Waals surface area contributed by atoms with Crippen LogP contribution >= 0.6 is 0 Å². The van der Waals surface area contributed by atoms with Crippen molar-refractivity contribution in [1.82, 2.24) is 4.98 Å². The van der Waals surface area contributed by atoms with E-state index in [1.807, 2.05) is 6.07 Å². The molecule has 15 heavy (non-hydrogen) atoms. The molecule has 0 radical (unpaired) electrons. The van der Waals surface area contributed by atoms with Gasteiger partial charge in [0.1, 0.15) is 0 Å². The summed E-state index contributed by atoms with van der Waals surface area (Å²) in [5, 5.41) is 0. The Labute approximate surface area is 92.2 Å². The van der Waals surface area contributed by atoms with Crippen LogP contribution in [0.5, 0.6) is 0 Å². The summed E-state index contributed by atoms with van der Waals surface area (Å²) in [6.45, 7) is 15.8. The molecule has 1 rings (SSSR count). The number of rotatable bonds is 3. The number of aromatic nitrogens is 1. The van der Waals surface area contributed by atoms with Crippen LogP contribution in [0.3, 0.4) is 0 Å². The van der Waals surface area contributed by atoms with E-state index in [-0.39, 0.29) is 0 Å². The molecule has 0 saturated heterocycles. The lowest BCUT2D eigenvalue weighted by atomic mass is 9.82. The van der Waals surface area contributed by atoms with E-state index in [9.17, 15) is 0 Å². The molecule has 0 aliphatic rings. The molecule has 2 heteroatoms. The van der Waals surface area contributed by atoms with Crippen LogP contribution in [0.25, 0.3) is 4.85 Å². The molecule has 0 fully saturated rings. The Bertz CT molecular complexity index is 353. The Morgan fingerprint density at radius 3 is 2.27 bits per heavy atom. The van der Waals surface area contributed by atoms with Crippen LogP contribution in [0, 0.1) is 18.4 Å². The topological polar surface area (TPSA) is 17.2 Å². The predicted octanol–water partition coefficient (Wildman–Crippen LogP) is 4.03. The average molecular weight is 202 g/mol. The minimum absolute atomic E-state index is 0.437. The third kappa shape index (κ3) is 2.79. The van der Waals surface area contributed by atoms with Crippen molar-refractivity contribution in [1.29, 1.82) is 0 Å². The van der Waals surface area contributed by atoms with Crippen LogP contribution in [0.2, 0.25) is 0 Å². The highest BCUT2D eigenvalue weighted by molar-refractivity contribution is 5.44. The van der Waals surface area contributed by atoms with Crippen LogP contribution in [-0.2, 0) is 0 Å². The number of hydrogen-bond acceptors (Lipinski definition) is 1. The molecule has 0 amide bonds. The second-order valence-electron chi connectivity index (χ2n) is 4.56. The third-order valence-corrected chi connectivity index (χ3v) is 2.67. The van der Waals surface area contributed by atoms with Crippen molar-refractivity contribution in [3.8, 4) is 0 Å². The van der Waals surface area contributed by atoms with Gasteiger partial charge in [0.05, 0.1) is 6.57 Å². The number of hydrogen-bond donors (Lipinski definition) is 0. The molecule has 0 spiro atoms. The molecule has 0 atom stereocenters. The molecule has 1 aromatic heterocycles. The summed E-state index contributed by atoms with van der Waals surface area (Å²) in [6.07, 6.45) is 1.74. The maximum atomic E-state index is 6.99. The first-order chi connectivity index (χ1) is 7.06. The Morgan fingerprint density at radius 2 is 1.80 bits per heavy atom. The van der Waals surface area contributed by atoms with Gasteiger partial charge in [-0.3, -0.25) is 4.98 Å². The van der Waals surface area contributed by atoms with Crippen molar-refractivity contribution in [2.45, 2.75) is 33.6 Å². The summed E-state index contributed by atoms with van der Waals surface area (Å²) in [4.78, 5) is 7.83. The first kappa shape index (κ1) is 11.7. The van der Waals surface area contributed by atoms with Crippen LogP contribution in [0.4, 0.5) is 5.69 Å². The van der Waals surface area contributed by atoms with Gasteiger partial charge < -0.3 is 0 Å². The molecule has 1 aromatic rings. The fourth-order valence-corrected chi connectivity index (χ4v) is 2.14. The Morgan fingerprint density at radius 1 is 1.20 bits per heavy atom. The zero-order valence-corrected chi connectivity index (χ0v) is 9.86. The van der Waals surface area contributed by atoms with Gasteiger partial charge in [0.2, 0.25) is 0 Å². The van der Waals surface area contributed by atoms with Crippen molar-refractivity contribution in [2.75, 3.05) is 0 Å². The van der Waals surface area contributed by atoms with Gasteiger partial charge in [-0.1, -0.05) is 27.7 Å². The Hall–Kier alpha value is -1.36. The van der Waals surface area contributed by atoms with Gasteiger partial charge in [-0.25, -0.2) is 4.85 Å².